The van der Waals surface area contributed by atoms with E-state index in [0.717, 1.165) is 0 Å². The van der Waals surface area contributed by atoms with Gasteiger partial charge in [-0.25, -0.2) is 4.79 Å². The van der Waals surface area contributed by atoms with Crippen LogP contribution in [0, 0.1) is 0 Å². The van der Waals surface area contributed by atoms with Crippen molar-refractivity contribution in [3.05, 3.63) is 11.6 Å². The molecule has 3 unspecified atom stereocenters. The third kappa shape index (κ3) is 2.11. The third-order valence-electron chi connectivity index (χ3n) is 2.93. The fourth-order valence-electron chi connectivity index (χ4n) is 2.12. The van der Waals surface area contributed by atoms with Crippen LogP contribution in [0.1, 0.15) is 6.42 Å². The Morgan fingerprint density at radius 2 is 2.12 bits per heavy atom. The molecule has 0 amide bonds. The van der Waals surface area contributed by atoms with Crippen LogP contribution in [-0.2, 0) is 23.7 Å². The lowest BCUT2D eigenvalue weighted by Crippen LogP contribution is -2.49. The zero-order valence-electron chi connectivity index (χ0n) is 9.47. The predicted molar refractivity (Wildman–Crippen MR) is 55.0 cm³/mol. The molecule has 2 aliphatic rings. The van der Waals surface area contributed by atoms with E-state index in [1.807, 2.05) is 0 Å². The summed E-state index contributed by atoms with van der Waals surface area (Å²) >= 11 is 0. The predicted octanol–water partition coefficient (Wildman–Crippen LogP) is 0.288. The van der Waals surface area contributed by atoms with Crippen LogP contribution in [0.3, 0.4) is 0 Å². The van der Waals surface area contributed by atoms with E-state index < -0.39 is 0 Å². The van der Waals surface area contributed by atoms with Crippen LogP contribution in [-0.4, -0.2) is 51.7 Å². The second kappa shape index (κ2) is 4.95. The molecule has 1 aliphatic heterocycles. The van der Waals surface area contributed by atoms with E-state index in [4.69, 9.17) is 18.9 Å². The van der Waals surface area contributed by atoms with Crippen LogP contribution >= 0.6 is 0 Å². The summed E-state index contributed by atoms with van der Waals surface area (Å²) in [5, 5.41) is 0. The SMILES string of the molecule is COC(=O)C1=CC2OCCOC2C(OC)C1. The van der Waals surface area contributed by atoms with Gasteiger partial charge in [-0.2, -0.15) is 0 Å². The maximum absolute atomic E-state index is 11.5. The van der Waals surface area contributed by atoms with Gasteiger partial charge in [-0.05, 0) is 6.08 Å². The molecule has 5 nitrogen and oxygen atoms in total. The molecule has 1 heterocycles. The highest BCUT2D eigenvalue weighted by Crippen LogP contribution is 2.28. The van der Waals surface area contributed by atoms with Crippen LogP contribution in [0.2, 0.25) is 0 Å². The van der Waals surface area contributed by atoms with Gasteiger partial charge in [0, 0.05) is 19.1 Å². The Hall–Kier alpha value is -0.910. The lowest BCUT2D eigenvalue weighted by molar-refractivity contribution is -0.172. The Kier molecular flexibility index (Phi) is 3.58. The molecule has 90 valence electrons. The molecule has 0 bridgehead atoms. The van der Waals surface area contributed by atoms with Crippen molar-refractivity contribution in [3.63, 3.8) is 0 Å². The molecule has 1 aliphatic carbocycles. The Bertz CT molecular complexity index is 299. The van der Waals surface area contributed by atoms with Crippen molar-refractivity contribution in [2.24, 2.45) is 0 Å². The van der Waals surface area contributed by atoms with Crippen molar-refractivity contribution in [1.29, 1.82) is 0 Å². The van der Waals surface area contributed by atoms with Crippen molar-refractivity contribution >= 4 is 5.97 Å². The molecule has 5 heteroatoms. The monoisotopic (exact) mass is 228 g/mol. The minimum absolute atomic E-state index is 0.118. The second-order valence-electron chi connectivity index (χ2n) is 3.83. The number of carbonyl (C=O) groups excluding carboxylic acids is 1. The Balaban J connectivity index is 2.17. The number of hydrogen-bond acceptors (Lipinski definition) is 5. The highest BCUT2D eigenvalue weighted by Gasteiger charge is 2.38. The van der Waals surface area contributed by atoms with Gasteiger partial charge in [-0.15, -0.1) is 0 Å². The summed E-state index contributed by atoms with van der Waals surface area (Å²) in [6, 6.07) is 0. The van der Waals surface area contributed by atoms with E-state index >= 15 is 0 Å². The second-order valence-corrected chi connectivity index (χ2v) is 3.83. The van der Waals surface area contributed by atoms with Gasteiger partial charge in [-0.1, -0.05) is 0 Å². The van der Waals surface area contributed by atoms with Crippen LogP contribution in [0.5, 0.6) is 0 Å². The zero-order chi connectivity index (χ0) is 11.5. The van der Waals surface area contributed by atoms with Crippen molar-refractivity contribution < 1.29 is 23.7 Å². The van der Waals surface area contributed by atoms with Gasteiger partial charge in [0.2, 0.25) is 0 Å². The molecular formula is C11H16O5. The van der Waals surface area contributed by atoms with Crippen LogP contribution in [0.25, 0.3) is 0 Å². The lowest BCUT2D eigenvalue weighted by atomic mass is 9.91. The number of carbonyl (C=O) groups is 1. The average molecular weight is 228 g/mol. The molecule has 0 spiro atoms. The van der Waals surface area contributed by atoms with Crippen LogP contribution < -0.4 is 0 Å². The standard InChI is InChI=1S/C11H16O5/c1-13-8-5-7(11(12)14-2)6-9-10(8)16-4-3-15-9/h6,8-10H,3-5H2,1-2H3. The first-order valence-electron chi connectivity index (χ1n) is 5.31. The first-order chi connectivity index (χ1) is 7.76. The van der Waals surface area contributed by atoms with Gasteiger partial charge < -0.3 is 18.9 Å². The van der Waals surface area contributed by atoms with Crippen LogP contribution in [0.15, 0.2) is 11.6 Å². The molecule has 0 N–H and O–H groups in total. The number of esters is 1. The number of ether oxygens (including phenoxy) is 4. The van der Waals surface area contributed by atoms with Gasteiger partial charge in [0.25, 0.3) is 0 Å². The van der Waals surface area contributed by atoms with Gasteiger partial charge in [0.15, 0.2) is 0 Å². The van der Waals surface area contributed by atoms with E-state index in [0.29, 0.717) is 25.2 Å². The number of fused-ring (bicyclic) bond motifs is 1. The molecule has 2 rings (SSSR count). The molecule has 0 saturated carbocycles. The number of methoxy groups -OCH3 is 2. The summed E-state index contributed by atoms with van der Waals surface area (Å²) in [4.78, 5) is 11.5. The molecule has 0 aromatic carbocycles. The molecule has 0 aromatic heterocycles. The topological polar surface area (TPSA) is 54.0 Å². The molecular weight excluding hydrogens is 212 g/mol. The van der Waals surface area contributed by atoms with Gasteiger partial charge >= 0.3 is 5.97 Å². The smallest absolute Gasteiger partial charge is 0.333 e. The Morgan fingerprint density at radius 3 is 2.81 bits per heavy atom. The zero-order valence-corrected chi connectivity index (χ0v) is 9.47. The first-order valence-corrected chi connectivity index (χ1v) is 5.31. The maximum atomic E-state index is 11.5. The van der Waals surface area contributed by atoms with Gasteiger partial charge in [-0.3, -0.25) is 0 Å². The molecule has 0 radical (unpaired) electrons. The van der Waals surface area contributed by atoms with E-state index in [1.54, 1.807) is 13.2 Å². The van der Waals surface area contributed by atoms with Crippen molar-refractivity contribution in [2.75, 3.05) is 27.4 Å². The number of hydrogen-bond donors (Lipinski definition) is 0. The quantitative estimate of drug-likeness (QED) is 0.636. The fraction of sp³-hybridized carbons (Fsp3) is 0.727. The molecule has 0 aromatic rings. The summed E-state index contributed by atoms with van der Waals surface area (Å²) in [5.74, 6) is -0.324. The van der Waals surface area contributed by atoms with E-state index in [9.17, 15) is 4.79 Å². The minimum atomic E-state index is -0.324. The highest BCUT2D eigenvalue weighted by atomic mass is 16.6. The minimum Gasteiger partial charge on any atom is -0.466 e. The fourth-order valence-corrected chi connectivity index (χ4v) is 2.12. The van der Waals surface area contributed by atoms with Crippen LogP contribution in [0.4, 0.5) is 0 Å². The summed E-state index contributed by atoms with van der Waals surface area (Å²) < 4.78 is 21.2. The lowest BCUT2D eigenvalue weighted by Gasteiger charge is -2.38. The van der Waals surface area contributed by atoms with Crippen molar-refractivity contribution in [3.8, 4) is 0 Å². The largest absolute Gasteiger partial charge is 0.466 e. The summed E-state index contributed by atoms with van der Waals surface area (Å²) in [6.45, 7) is 1.12. The Labute approximate surface area is 94.3 Å². The normalized spacial score (nSPS) is 33.9. The highest BCUT2D eigenvalue weighted by molar-refractivity contribution is 5.88. The third-order valence-corrected chi connectivity index (χ3v) is 2.93. The summed E-state index contributed by atoms with van der Waals surface area (Å²) in [5.41, 5.74) is 0.598. The van der Waals surface area contributed by atoms with Gasteiger partial charge in [0.05, 0.1) is 26.4 Å². The van der Waals surface area contributed by atoms with Crippen molar-refractivity contribution in [1.82, 2.24) is 0 Å². The molecule has 3 atom stereocenters. The van der Waals surface area contributed by atoms with E-state index in [2.05, 4.69) is 0 Å². The van der Waals surface area contributed by atoms with Crippen molar-refractivity contribution in [2.45, 2.75) is 24.7 Å². The number of rotatable bonds is 2. The summed E-state index contributed by atoms with van der Waals surface area (Å²) in [6.07, 6.45) is 1.82. The first kappa shape index (κ1) is 11.6. The van der Waals surface area contributed by atoms with E-state index in [-0.39, 0.29) is 24.3 Å². The molecule has 1 saturated heterocycles. The average Bonchev–Trinajstić information content (AvgIpc) is 2.36. The molecule has 1 fully saturated rings. The maximum Gasteiger partial charge on any atom is 0.333 e. The van der Waals surface area contributed by atoms with E-state index in [1.165, 1.54) is 7.11 Å². The van der Waals surface area contributed by atoms with Gasteiger partial charge in [0.1, 0.15) is 12.2 Å². The summed E-state index contributed by atoms with van der Waals surface area (Å²) in [7, 11) is 2.98. The molecule has 16 heavy (non-hydrogen) atoms. The Morgan fingerprint density at radius 1 is 1.38 bits per heavy atom.